The summed E-state index contributed by atoms with van der Waals surface area (Å²) < 4.78 is 0. The van der Waals surface area contributed by atoms with Crippen LogP contribution in [0.3, 0.4) is 0 Å². The summed E-state index contributed by atoms with van der Waals surface area (Å²) in [5, 5.41) is 12.8. The van der Waals surface area contributed by atoms with Crippen molar-refractivity contribution >= 4 is 28.2 Å². The van der Waals surface area contributed by atoms with Crippen LogP contribution in [0.5, 0.6) is 0 Å². The molecule has 3 nitrogen and oxygen atoms in total. The second-order valence-electron chi connectivity index (χ2n) is 2.86. The summed E-state index contributed by atoms with van der Waals surface area (Å²) in [5.74, 6) is 1.26. The molecule has 0 aliphatic carbocycles. The Morgan fingerprint density at radius 2 is 2.58 bits per heavy atom. The van der Waals surface area contributed by atoms with Crippen molar-refractivity contribution in [3.05, 3.63) is 5.51 Å². The fourth-order valence-corrected chi connectivity index (χ4v) is 3.02. The van der Waals surface area contributed by atoms with Crippen molar-refractivity contribution in [2.45, 2.75) is 24.6 Å². The van der Waals surface area contributed by atoms with E-state index >= 15 is 0 Å². The molecular formula is C7H11N3S2. The van der Waals surface area contributed by atoms with Crippen LogP contribution < -0.4 is 5.32 Å². The lowest BCUT2D eigenvalue weighted by Gasteiger charge is -2.14. The topological polar surface area (TPSA) is 37.8 Å². The van der Waals surface area contributed by atoms with Crippen molar-refractivity contribution in [1.82, 2.24) is 10.2 Å². The number of hydrogen-bond donors (Lipinski definition) is 1. The maximum atomic E-state index is 3.96. The Kier molecular flexibility index (Phi) is 2.51. The van der Waals surface area contributed by atoms with Crippen LogP contribution in [0.25, 0.3) is 0 Å². The largest absolute Gasteiger partial charge is 0.356 e. The van der Waals surface area contributed by atoms with E-state index in [0.717, 1.165) is 5.13 Å². The Hall–Kier alpha value is -0.290. The van der Waals surface area contributed by atoms with E-state index in [4.69, 9.17) is 0 Å². The van der Waals surface area contributed by atoms with Gasteiger partial charge in [-0.15, -0.1) is 10.2 Å². The molecule has 1 N–H and O–H groups in total. The zero-order chi connectivity index (χ0) is 8.39. The third kappa shape index (κ3) is 1.72. The molecular weight excluding hydrogens is 190 g/mol. The summed E-state index contributed by atoms with van der Waals surface area (Å²) >= 11 is 3.59. The first-order chi connectivity index (χ1) is 5.86. The van der Waals surface area contributed by atoms with Crippen LogP contribution in [0, 0.1) is 0 Å². The van der Waals surface area contributed by atoms with Crippen LogP contribution in [0.2, 0.25) is 0 Å². The van der Waals surface area contributed by atoms with Gasteiger partial charge in [-0.2, -0.15) is 11.8 Å². The maximum absolute atomic E-state index is 3.96. The molecule has 12 heavy (non-hydrogen) atoms. The number of aromatic nitrogens is 2. The molecule has 2 atom stereocenters. The van der Waals surface area contributed by atoms with Crippen molar-refractivity contribution in [2.24, 2.45) is 0 Å². The third-order valence-corrected chi connectivity index (χ3v) is 3.99. The molecule has 1 aliphatic rings. The van der Waals surface area contributed by atoms with Crippen LogP contribution in [0.4, 0.5) is 5.13 Å². The predicted molar refractivity (Wildman–Crippen MR) is 53.9 cm³/mol. The van der Waals surface area contributed by atoms with Gasteiger partial charge in [0.1, 0.15) is 5.51 Å². The Morgan fingerprint density at radius 1 is 1.67 bits per heavy atom. The van der Waals surface area contributed by atoms with Crippen LogP contribution >= 0.6 is 23.1 Å². The number of nitrogens with zero attached hydrogens (tertiary/aromatic N) is 2. The first-order valence-corrected chi connectivity index (χ1v) is 5.93. The number of rotatable bonds is 2. The highest BCUT2D eigenvalue weighted by Gasteiger charge is 2.24. The van der Waals surface area contributed by atoms with Gasteiger partial charge in [0.2, 0.25) is 5.13 Å². The van der Waals surface area contributed by atoms with Gasteiger partial charge >= 0.3 is 0 Å². The minimum absolute atomic E-state index is 0.586. The zero-order valence-corrected chi connectivity index (χ0v) is 8.49. The highest BCUT2D eigenvalue weighted by Crippen LogP contribution is 2.28. The Bertz CT molecular complexity index is 237. The molecule has 1 aliphatic heterocycles. The number of anilines is 1. The summed E-state index contributed by atoms with van der Waals surface area (Å²) in [4.78, 5) is 0. The molecule has 2 heterocycles. The van der Waals surface area contributed by atoms with Crippen LogP contribution in [0.1, 0.15) is 13.3 Å². The Morgan fingerprint density at radius 3 is 3.17 bits per heavy atom. The van der Waals surface area contributed by atoms with Crippen LogP contribution in [-0.2, 0) is 0 Å². The van der Waals surface area contributed by atoms with Gasteiger partial charge in [-0.3, -0.25) is 0 Å². The van der Waals surface area contributed by atoms with Gasteiger partial charge in [0.25, 0.3) is 0 Å². The van der Waals surface area contributed by atoms with E-state index in [1.54, 1.807) is 16.8 Å². The SMILES string of the molecule is CC1SCCC1Nc1nncs1. The molecule has 1 fully saturated rings. The lowest BCUT2D eigenvalue weighted by molar-refractivity contribution is 0.721. The molecule has 0 aromatic carbocycles. The highest BCUT2D eigenvalue weighted by molar-refractivity contribution is 8.00. The van der Waals surface area contributed by atoms with E-state index in [-0.39, 0.29) is 0 Å². The third-order valence-electron chi connectivity index (χ3n) is 2.05. The number of nitrogens with one attached hydrogen (secondary N) is 1. The van der Waals surface area contributed by atoms with Gasteiger partial charge in [-0.1, -0.05) is 18.3 Å². The normalized spacial score (nSPS) is 29.1. The van der Waals surface area contributed by atoms with E-state index < -0.39 is 0 Å². The van der Waals surface area contributed by atoms with Crippen molar-refractivity contribution in [3.63, 3.8) is 0 Å². The van der Waals surface area contributed by atoms with Gasteiger partial charge in [0.15, 0.2) is 0 Å². The molecule has 0 bridgehead atoms. The molecule has 0 saturated carbocycles. The molecule has 0 spiro atoms. The van der Waals surface area contributed by atoms with E-state index in [9.17, 15) is 0 Å². The van der Waals surface area contributed by atoms with Gasteiger partial charge in [0, 0.05) is 11.3 Å². The zero-order valence-electron chi connectivity index (χ0n) is 6.86. The predicted octanol–water partition coefficient (Wildman–Crippen LogP) is 1.84. The molecule has 0 radical (unpaired) electrons. The van der Waals surface area contributed by atoms with E-state index in [1.807, 2.05) is 11.8 Å². The summed E-state index contributed by atoms with van der Waals surface area (Å²) in [6.45, 7) is 2.26. The van der Waals surface area contributed by atoms with Gasteiger partial charge in [-0.25, -0.2) is 0 Å². The quantitative estimate of drug-likeness (QED) is 0.792. The minimum Gasteiger partial charge on any atom is -0.356 e. The summed E-state index contributed by atoms with van der Waals surface area (Å²) in [6.07, 6.45) is 1.24. The molecule has 1 saturated heterocycles. The fraction of sp³-hybridized carbons (Fsp3) is 0.714. The second kappa shape index (κ2) is 3.62. The van der Waals surface area contributed by atoms with E-state index in [1.165, 1.54) is 12.2 Å². The van der Waals surface area contributed by atoms with E-state index in [2.05, 4.69) is 22.4 Å². The average Bonchev–Trinajstić information content (AvgIpc) is 2.65. The van der Waals surface area contributed by atoms with Crippen LogP contribution in [0.15, 0.2) is 5.51 Å². The summed E-state index contributed by atoms with van der Waals surface area (Å²) in [7, 11) is 0. The highest BCUT2D eigenvalue weighted by atomic mass is 32.2. The molecule has 0 amide bonds. The number of thioether (sulfide) groups is 1. The Labute approximate surface area is 80.0 Å². The standard InChI is InChI=1S/C7H11N3S2/c1-5-6(2-3-11-5)9-7-10-8-4-12-7/h4-6H,2-3H2,1H3,(H,9,10). The van der Waals surface area contributed by atoms with Crippen molar-refractivity contribution in [3.8, 4) is 0 Å². The fourth-order valence-electron chi connectivity index (χ4n) is 1.32. The molecule has 1 aromatic rings. The van der Waals surface area contributed by atoms with Gasteiger partial charge in [0.05, 0.1) is 0 Å². The second-order valence-corrected chi connectivity index (χ2v) is 5.18. The van der Waals surface area contributed by atoms with Gasteiger partial charge < -0.3 is 5.32 Å². The molecule has 1 aromatic heterocycles. The average molecular weight is 201 g/mol. The molecule has 2 unspecified atom stereocenters. The molecule has 2 rings (SSSR count). The lowest BCUT2D eigenvalue weighted by Crippen LogP contribution is -2.24. The number of hydrogen-bond acceptors (Lipinski definition) is 5. The summed E-state index contributed by atoms with van der Waals surface area (Å²) in [6, 6.07) is 0.586. The van der Waals surface area contributed by atoms with Crippen LogP contribution in [-0.4, -0.2) is 27.2 Å². The maximum Gasteiger partial charge on any atom is 0.205 e. The summed E-state index contributed by atoms with van der Waals surface area (Å²) in [5.41, 5.74) is 1.76. The van der Waals surface area contributed by atoms with E-state index in [0.29, 0.717) is 11.3 Å². The Balaban J connectivity index is 1.95. The smallest absolute Gasteiger partial charge is 0.205 e. The van der Waals surface area contributed by atoms with Crippen molar-refractivity contribution < 1.29 is 0 Å². The van der Waals surface area contributed by atoms with Crippen molar-refractivity contribution in [1.29, 1.82) is 0 Å². The lowest BCUT2D eigenvalue weighted by atomic mass is 10.2. The minimum atomic E-state index is 0.586. The van der Waals surface area contributed by atoms with Crippen molar-refractivity contribution in [2.75, 3.05) is 11.1 Å². The first kappa shape index (κ1) is 8.31. The first-order valence-electron chi connectivity index (χ1n) is 4.00. The molecule has 66 valence electrons. The van der Waals surface area contributed by atoms with Gasteiger partial charge in [-0.05, 0) is 12.2 Å². The molecule has 5 heteroatoms. The monoisotopic (exact) mass is 201 g/mol.